The summed E-state index contributed by atoms with van der Waals surface area (Å²) < 4.78 is 2.33. The molecule has 0 spiro atoms. The first-order valence-electron chi connectivity index (χ1n) is 8.48. The van der Waals surface area contributed by atoms with E-state index in [9.17, 15) is 0 Å². The molecule has 20 heavy (non-hydrogen) atoms. The van der Waals surface area contributed by atoms with Gasteiger partial charge in [-0.3, -0.25) is 0 Å². The van der Waals surface area contributed by atoms with Gasteiger partial charge in [0.25, 0.3) is 0 Å². The molecule has 1 aromatic rings. The number of hydrogen-bond donors (Lipinski definition) is 1. The standard InChI is InChI=1S/C17H31N3/c1-4-6-14-7-9-15(10-8-14)16(18-3)17-19-11-13-20(17)12-5-2/h11,13-16,18H,4-10,12H2,1-3H3. The summed E-state index contributed by atoms with van der Waals surface area (Å²) in [5.41, 5.74) is 0. The molecule has 114 valence electrons. The molecule has 0 bridgehead atoms. The Kier molecular flexibility index (Phi) is 6.08. The smallest absolute Gasteiger partial charge is 0.126 e. The first kappa shape index (κ1) is 15.6. The summed E-state index contributed by atoms with van der Waals surface area (Å²) in [6.07, 6.45) is 13.5. The van der Waals surface area contributed by atoms with Gasteiger partial charge in [-0.2, -0.15) is 0 Å². The predicted octanol–water partition coefficient (Wildman–Crippen LogP) is 4.16. The molecule has 1 N–H and O–H groups in total. The Morgan fingerprint density at radius 3 is 2.60 bits per heavy atom. The van der Waals surface area contributed by atoms with Crippen LogP contribution in [-0.4, -0.2) is 16.6 Å². The minimum absolute atomic E-state index is 0.430. The number of nitrogens with zero attached hydrogens (tertiary/aromatic N) is 2. The summed E-state index contributed by atoms with van der Waals surface area (Å²) in [5.74, 6) is 2.98. The molecule has 0 radical (unpaired) electrons. The second-order valence-corrected chi connectivity index (χ2v) is 6.31. The van der Waals surface area contributed by atoms with E-state index in [1.54, 1.807) is 0 Å². The second-order valence-electron chi connectivity index (χ2n) is 6.31. The maximum atomic E-state index is 4.64. The van der Waals surface area contributed by atoms with Gasteiger partial charge in [0.2, 0.25) is 0 Å². The van der Waals surface area contributed by atoms with E-state index in [1.807, 2.05) is 6.20 Å². The number of rotatable bonds is 7. The van der Waals surface area contributed by atoms with E-state index in [4.69, 9.17) is 0 Å². The average Bonchev–Trinajstić information content (AvgIpc) is 2.91. The summed E-state index contributed by atoms with van der Waals surface area (Å²) in [6.45, 7) is 5.62. The molecule has 2 rings (SSSR count). The fourth-order valence-corrected chi connectivity index (χ4v) is 3.82. The van der Waals surface area contributed by atoms with Gasteiger partial charge in [-0.15, -0.1) is 0 Å². The Labute approximate surface area is 124 Å². The first-order valence-corrected chi connectivity index (χ1v) is 8.48. The summed E-state index contributed by atoms with van der Waals surface area (Å²) in [6, 6.07) is 0.430. The van der Waals surface area contributed by atoms with Crippen LogP contribution in [0, 0.1) is 11.8 Å². The van der Waals surface area contributed by atoms with Crippen molar-refractivity contribution in [1.82, 2.24) is 14.9 Å². The van der Waals surface area contributed by atoms with Gasteiger partial charge < -0.3 is 9.88 Å². The Morgan fingerprint density at radius 2 is 2.00 bits per heavy atom. The van der Waals surface area contributed by atoms with Crippen LogP contribution in [0.1, 0.15) is 70.7 Å². The van der Waals surface area contributed by atoms with Crippen LogP contribution in [0.15, 0.2) is 12.4 Å². The summed E-state index contributed by atoms with van der Waals surface area (Å²) in [7, 11) is 2.09. The van der Waals surface area contributed by atoms with Crippen LogP contribution >= 0.6 is 0 Å². The number of imidazole rings is 1. The Bertz CT molecular complexity index is 377. The van der Waals surface area contributed by atoms with Crippen molar-refractivity contribution in [2.24, 2.45) is 11.8 Å². The molecule has 1 atom stereocenters. The first-order chi connectivity index (χ1) is 9.80. The van der Waals surface area contributed by atoms with Gasteiger partial charge in [0.1, 0.15) is 5.82 Å². The Hall–Kier alpha value is -0.830. The lowest BCUT2D eigenvalue weighted by Crippen LogP contribution is -2.31. The van der Waals surface area contributed by atoms with E-state index in [-0.39, 0.29) is 0 Å². The zero-order valence-corrected chi connectivity index (χ0v) is 13.4. The van der Waals surface area contributed by atoms with Gasteiger partial charge in [-0.05, 0) is 38.1 Å². The van der Waals surface area contributed by atoms with Crippen LogP contribution in [0.5, 0.6) is 0 Å². The number of aryl methyl sites for hydroxylation is 1. The van der Waals surface area contributed by atoms with E-state index >= 15 is 0 Å². The molecular weight excluding hydrogens is 246 g/mol. The quantitative estimate of drug-likeness (QED) is 0.811. The highest BCUT2D eigenvalue weighted by Gasteiger charge is 2.29. The normalized spacial score (nSPS) is 24.8. The lowest BCUT2D eigenvalue weighted by Gasteiger charge is -2.33. The molecule has 1 saturated carbocycles. The third-order valence-corrected chi connectivity index (χ3v) is 4.86. The fourth-order valence-electron chi connectivity index (χ4n) is 3.82. The number of aromatic nitrogens is 2. The van der Waals surface area contributed by atoms with Crippen LogP contribution in [0.2, 0.25) is 0 Å². The van der Waals surface area contributed by atoms with Crippen LogP contribution < -0.4 is 5.32 Å². The van der Waals surface area contributed by atoms with Crippen LogP contribution in [0.3, 0.4) is 0 Å². The van der Waals surface area contributed by atoms with Crippen molar-refractivity contribution >= 4 is 0 Å². The van der Waals surface area contributed by atoms with Gasteiger partial charge in [0, 0.05) is 18.9 Å². The molecule has 1 fully saturated rings. The lowest BCUT2D eigenvalue weighted by atomic mass is 9.77. The fraction of sp³-hybridized carbons (Fsp3) is 0.824. The third kappa shape index (κ3) is 3.63. The summed E-state index contributed by atoms with van der Waals surface area (Å²) in [5, 5.41) is 3.54. The molecule has 1 unspecified atom stereocenters. The number of hydrogen-bond acceptors (Lipinski definition) is 2. The number of nitrogens with one attached hydrogen (secondary N) is 1. The van der Waals surface area contributed by atoms with E-state index in [0.29, 0.717) is 6.04 Å². The topological polar surface area (TPSA) is 29.9 Å². The monoisotopic (exact) mass is 277 g/mol. The molecule has 0 aromatic carbocycles. The molecule has 0 aliphatic heterocycles. The molecule has 3 nitrogen and oxygen atoms in total. The second kappa shape index (κ2) is 7.82. The van der Waals surface area contributed by atoms with Crippen molar-refractivity contribution in [3.05, 3.63) is 18.2 Å². The molecule has 0 saturated heterocycles. The van der Waals surface area contributed by atoms with Crippen LogP contribution in [-0.2, 0) is 6.54 Å². The maximum absolute atomic E-state index is 4.64. The highest BCUT2D eigenvalue weighted by atomic mass is 15.1. The van der Waals surface area contributed by atoms with E-state index in [1.165, 1.54) is 50.8 Å². The summed E-state index contributed by atoms with van der Waals surface area (Å²) in [4.78, 5) is 4.64. The van der Waals surface area contributed by atoms with Crippen molar-refractivity contribution in [1.29, 1.82) is 0 Å². The van der Waals surface area contributed by atoms with Gasteiger partial charge in [0.05, 0.1) is 6.04 Å². The molecule has 3 heteroatoms. The molecular formula is C17H31N3. The Morgan fingerprint density at radius 1 is 1.25 bits per heavy atom. The van der Waals surface area contributed by atoms with E-state index in [0.717, 1.165) is 18.4 Å². The van der Waals surface area contributed by atoms with Crippen molar-refractivity contribution in [3.63, 3.8) is 0 Å². The van der Waals surface area contributed by atoms with Crippen LogP contribution in [0.4, 0.5) is 0 Å². The highest BCUT2D eigenvalue weighted by molar-refractivity contribution is 5.02. The van der Waals surface area contributed by atoms with Crippen LogP contribution in [0.25, 0.3) is 0 Å². The van der Waals surface area contributed by atoms with Crippen molar-refractivity contribution in [2.45, 2.75) is 71.4 Å². The zero-order valence-electron chi connectivity index (χ0n) is 13.4. The predicted molar refractivity (Wildman–Crippen MR) is 84.7 cm³/mol. The minimum atomic E-state index is 0.430. The minimum Gasteiger partial charge on any atom is -0.334 e. The largest absolute Gasteiger partial charge is 0.334 e. The molecule has 1 aliphatic rings. The molecule has 0 amide bonds. The Balaban J connectivity index is 2.00. The van der Waals surface area contributed by atoms with Gasteiger partial charge in [-0.25, -0.2) is 4.98 Å². The van der Waals surface area contributed by atoms with E-state index in [2.05, 4.69) is 42.0 Å². The third-order valence-electron chi connectivity index (χ3n) is 4.86. The van der Waals surface area contributed by atoms with Crippen molar-refractivity contribution in [2.75, 3.05) is 7.05 Å². The molecule has 1 heterocycles. The molecule has 1 aromatic heterocycles. The van der Waals surface area contributed by atoms with E-state index < -0.39 is 0 Å². The molecule has 1 aliphatic carbocycles. The van der Waals surface area contributed by atoms with Gasteiger partial charge >= 0.3 is 0 Å². The summed E-state index contributed by atoms with van der Waals surface area (Å²) >= 11 is 0. The highest BCUT2D eigenvalue weighted by Crippen LogP contribution is 2.37. The zero-order chi connectivity index (χ0) is 14.4. The van der Waals surface area contributed by atoms with Crippen molar-refractivity contribution < 1.29 is 0 Å². The van der Waals surface area contributed by atoms with Crippen molar-refractivity contribution in [3.8, 4) is 0 Å². The SMILES string of the molecule is CCCC1CCC(C(NC)c2nccn2CCC)CC1. The lowest BCUT2D eigenvalue weighted by molar-refractivity contribution is 0.212. The van der Waals surface area contributed by atoms with Gasteiger partial charge in [-0.1, -0.05) is 39.5 Å². The maximum Gasteiger partial charge on any atom is 0.126 e. The average molecular weight is 277 g/mol. The van der Waals surface area contributed by atoms with Gasteiger partial charge in [0.15, 0.2) is 0 Å².